The van der Waals surface area contributed by atoms with Crippen molar-refractivity contribution in [3.05, 3.63) is 155 Å². The summed E-state index contributed by atoms with van der Waals surface area (Å²) in [5, 5.41) is 3.29. The van der Waals surface area contributed by atoms with Crippen molar-refractivity contribution in [2.45, 2.75) is 33.1 Å². The number of rotatable bonds is 8. The first kappa shape index (κ1) is 29.8. The molecule has 5 aromatic carbocycles. The summed E-state index contributed by atoms with van der Waals surface area (Å²) in [5.41, 5.74) is 8.87. The maximum absolute atomic E-state index is 15.2. The molecule has 0 N–H and O–H groups in total. The topological polar surface area (TPSA) is 34.1 Å². The summed E-state index contributed by atoms with van der Waals surface area (Å²) in [6.07, 6.45) is 0.701. The summed E-state index contributed by atoms with van der Waals surface area (Å²) < 4.78 is 30.4. The summed E-state index contributed by atoms with van der Waals surface area (Å²) in [6, 6.07) is 39.1. The van der Waals surface area contributed by atoms with E-state index < -0.39 is 14.3 Å². The van der Waals surface area contributed by atoms with Gasteiger partial charge in [-0.25, -0.2) is 0 Å². The molecule has 0 heterocycles. The second kappa shape index (κ2) is 12.7. The van der Waals surface area contributed by atoms with Crippen LogP contribution in [0.2, 0.25) is 0 Å². The maximum atomic E-state index is 15.2. The van der Waals surface area contributed by atoms with Gasteiger partial charge < -0.3 is 9.13 Å². The quantitative estimate of drug-likeness (QED) is 0.108. The van der Waals surface area contributed by atoms with Gasteiger partial charge in [-0.05, 0) is 48.6 Å². The van der Waals surface area contributed by atoms with Crippen molar-refractivity contribution in [3.63, 3.8) is 0 Å². The molecule has 0 saturated heterocycles. The van der Waals surface area contributed by atoms with Crippen molar-refractivity contribution < 1.29 is 9.13 Å². The van der Waals surface area contributed by atoms with Crippen LogP contribution in [0.5, 0.6) is 0 Å². The summed E-state index contributed by atoms with van der Waals surface area (Å²) in [6.45, 7) is 6.23. The molecule has 5 heteroatoms. The molecule has 42 heavy (non-hydrogen) atoms. The van der Waals surface area contributed by atoms with Crippen molar-refractivity contribution in [1.82, 2.24) is 0 Å². The van der Waals surface area contributed by atoms with Gasteiger partial charge in [0.25, 0.3) is 0 Å². The maximum Gasteiger partial charge on any atom is 0.147 e. The van der Waals surface area contributed by atoms with E-state index in [4.69, 9.17) is 0 Å². The number of benzene rings is 5. The number of hydrogen-bond donors (Lipinski definition) is 0. The van der Waals surface area contributed by atoms with Crippen LogP contribution in [0, 0.1) is 32.2 Å². The smallest absolute Gasteiger partial charge is 0.147 e. The van der Waals surface area contributed by atoms with Crippen LogP contribution < -0.4 is 21.2 Å². The lowest BCUT2D eigenvalue weighted by molar-refractivity contribution is 0.586. The minimum Gasteiger partial charge on any atom is -0.313 e. The van der Waals surface area contributed by atoms with E-state index in [0.717, 1.165) is 54.6 Å². The molecule has 2 nitrogen and oxygen atoms in total. The van der Waals surface area contributed by atoms with Crippen molar-refractivity contribution in [2.24, 2.45) is 0 Å². The van der Waals surface area contributed by atoms with Crippen LogP contribution in [-0.4, -0.2) is 10.2 Å². The van der Waals surface area contributed by atoms with E-state index in [1.165, 1.54) is 0 Å². The highest BCUT2D eigenvalue weighted by Gasteiger charge is 2.33. The highest BCUT2D eigenvalue weighted by atomic mass is 31.2. The lowest BCUT2D eigenvalue weighted by atomic mass is 9.90. The summed E-state index contributed by atoms with van der Waals surface area (Å²) in [4.78, 5) is 0. The van der Waals surface area contributed by atoms with Crippen LogP contribution in [0.15, 0.2) is 121 Å². The van der Waals surface area contributed by atoms with E-state index in [9.17, 15) is 0 Å². The lowest BCUT2D eigenvalue weighted by Gasteiger charge is -2.27. The molecule has 3 radical (unpaired) electrons. The van der Waals surface area contributed by atoms with Gasteiger partial charge in [0.1, 0.15) is 24.5 Å². The van der Waals surface area contributed by atoms with Gasteiger partial charge in [0.2, 0.25) is 0 Å². The van der Waals surface area contributed by atoms with Gasteiger partial charge in [-0.3, -0.25) is 0 Å². The van der Waals surface area contributed by atoms with Crippen molar-refractivity contribution >= 4 is 45.7 Å². The van der Waals surface area contributed by atoms with E-state index in [2.05, 4.69) is 42.5 Å². The minimum absolute atomic E-state index is 0.351. The Balaban J connectivity index is 1.75. The first-order valence-corrected chi connectivity index (χ1v) is 18.3. The zero-order valence-electron chi connectivity index (χ0n) is 24.2. The lowest BCUT2D eigenvalue weighted by Crippen LogP contribution is -2.20. The zero-order valence-corrected chi connectivity index (χ0v) is 27.0. The van der Waals surface area contributed by atoms with Gasteiger partial charge >= 0.3 is 0 Å². The molecular weight excluding hydrogens is 566 g/mol. The predicted molar refractivity (Wildman–Crippen MR) is 180 cm³/mol. The summed E-state index contributed by atoms with van der Waals surface area (Å²) in [7, 11) is -2.76. The third-order valence-electron chi connectivity index (χ3n) is 8.20. The fourth-order valence-corrected chi connectivity index (χ4v) is 11.7. The normalized spacial score (nSPS) is 11.5. The fraction of sp³-hybridized carbons (Fsp3) is 0.135. The Hall–Kier alpha value is -3.66. The van der Waals surface area contributed by atoms with Crippen LogP contribution in [0.1, 0.15) is 33.4 Å². The largest absolute Gasteiger partial charge is 0.313 e. The monoisotopic (exact) mass is 599 g/mol. The van der Waals surface area contributed by atoms with Crippen LogP contribution >= 0.6 is 14.3 Å². The third kappa shape index (κ3) is 5.69. The highest BCUT2D eigenvalue weighted by molar-refractivity contribution is 7.78. The van der Waals surface area contributed by atoms with E-state index >= 15 is 9.13 Å². The first-order chi connectivity index (χ1) is 20.3. The van der Waals surface area contributed by atoms with E-state index in [0.29, 0.717) is 12.3 Å². The molecule has 0 bridgehead atoms. The van der Waals surface area contributed by atoms with Crippen LogP contribution in [0.3, 0.4) is 0 Å². The molecule has 0 aliphatic rings. The Morgan fingerprint density at radius 3 is 1.05 bits per heavy atom. The van der Waals surface area contributed by atoms with Crippen LogP contribution in [-0.2, 0) is 21.5 Å². The molecule has 0 atom stereocenters. The SMILES string of the molecule is Cc1c(C#C[Si])c(C)c(CP(=O)(c2ccccc2)c2ccccc2)c(C)c1CP(=O)(c1ccccc1)c1ccccc1. The van der Waals surface area contributed by atoms with Gasteiger partial charge in [0.15, 0.2) is 0 Å². The number of hydrogen-bond acceptors (Lipinski definition) is 2. The van der Waals surface area contributed by atoms with Crippen molar-refractivity contribution in [1.29, 1.82) is 0 Å². The summed E-state index contributed by atoms with van der Waals surface area (Å²) >= 11 is 0. The molecule has 0 amide bonds. The minimum atomic E-state index is -3.07. The summed E-state index contributed by atoms with van der Waals surface area (Å²) in [5.74, 6) is 3.27. The average Bonchev–Trinajstić information content (AvgIpc) is 3.05. The van der Waals surface area contributed by atoms with Crippen molar-refractivity contribution in [2.75, 3.05) is 0 Å². The van der Waals surface area contributed by atoms with Gasteiger partial charge in [-0.15, -0.1) is 5.54 Å². The van der Waals surface area contributed by atoms with E-state index in [1.54, 1.807) is 0 Å². The predicted octanol–water partition coefficient (Wildman–Crippen LogP) is 7.12. The molecule has 0 fully saturated rings. The highest BCUT2D eigenvalue weighted by Crippen LogP contribution is 2.52. The molecule has 0 aromatic heterocycles. The van der Waals surface area contributed by atoms with Crippen molar-refractivity contribution in [3.8, 4) is 11.5 Å². The molecule has 0 aliphatic heterocycles. The molecular formula is C37H33O2P2Si. The van der Waals surface area contributed by atoms with E-state index in [-0.39, 0.29) is 0 Å². The molecule has 0 spiro atoms. The Labute approximate surface area is 253 Å². The second-order valence-electron chi connectivity index (χ2n) is 10.6. The van der Waals surface area contributed by atoms with E-state index in [1.807, 2.05) is 121 Å². The fourth-order valence-electron chi connectivity index (χ4n) is 5.84. The molecule has 0 aliphatic carbocycles. The Kier molecular flexibility index (Phi) is 9.01. The van der Waals surface area contributed by atoms with Crippen LogP contribution in [0.4, 0.5) is 0 Å². The zero-order chi connectivity index (χ0) is 29.7. The molecule has 5 aromatic rings. The Morgan fingerprint density at radius 2 is 0.786 bits per heavy atom. The molecule has 5 rings (SSSR count). The standard InChI is InChI=1S/C37H33O2P2Si/c1-28-35(24-25-42)29(2)37(27-41(39,33-20-12-6-13-21-33)34-22-14-7-15-23-34)30(3)36(28)26-40(38,31-16-8-4-9-17-31)32-18-10-5-11-19-32/h4-23H,26-27H2,1-3H3. The van der Waals surface area contributed by atoms with Gasteiger partial charge in [-0.2, -0.15) is 0 Å². The van der Waals surface area contributed by atoms with Crippen LogP contribution in [0.25, 0.3) is 0 Å². The molecule has 0 saturated carbocycles. The third-order valence-corrected chi connectivity index (χ3v) is 14.4. The molecule has 0 unspecified atom stereocenters. The second-order valence-corrected chi connectivity index (χ2v) is 16.5. The molecule has 207 valence electrons. The van der Waals surface area contributed by atoms with Gasteiger partial charge in [0, 0.05) is 39.1 Å². The Bertz CT molecular complexity index is 1640. The Morgan fingerprint density at radius 1 is 0.500 bits per heavy atom. The van der Waals surface area contributed by atoms with Gasteiger partial charge in [-0.1, -0.05) is 127 Å². The average molecular weight is 600 g/mol. The first-order valence-electron chi connectivity index (χ1n) is 14.0. The van der Waals surface area contributed by atoms with Gasteiger partial charge in [0.05, 0.1) is 0 Å².